The quantitative estimate of drug-likeness (QED) is 0.909. The Balaban J connectivity index is 1.38. The molecule has 1 aromatic rings. The number of rotatable bonds is 4. The van der Waals surface area contributed by atoms with Crippen LogP contribution in [0.15, 0.2) is 6.20 Å². The van der Waals surface area contributed by atoms with E-state index in [2.05, 4.69) is 47.5 Å². The van der Waals surface area contributed by atoms with E-state index in [4.69, 9.17) is 0 Å². The Morgan fingerprint density at radius 2 is 2.12 bits per heavy atom. The van der Waals surface area contributed by atoms with Gasteiger partial charge in [-0.15, -0.1) is 5.10 Å². The standard InChI is InChI=1S/C18H29N5O/c1-18(2,3)16-11-23(21-20-16)9-14-8-12-6-7-22(14)10-15(12)17(24)19-13-4-5-13/h11-15H,4-10H2,1-3H3,(H,19,24)/t12-,14-,15+/m1/s1. The lowest BCUT2D eigenvalue weighted by molar-refractivity contribution is -0.133. The molecule has 3 aliphatic heterocycles. The van der Waals surface area contributed by atoms with E-state index in [1.807, 2.05) is 4.68 Å². The number of nitrogens with zero attached hydrogens (tertiary/aromatic N) is 4. The summed E-state index contributed by atoms with van der Waals surface area (Å²) in [6, 6.07) is 0.956. The summed E-state index contributed by atoms with van der Waals surface area (Å²) >= 11 is 0. The second-order valence-corrected chi connectivity index (χ2v) is 8.90. The number of piperidine rings is 3. The summed E-state index contributed by atoms with van der Waals surface area (Å²) < 4.78 is 1.99. The Kier molecular flexibility index (Phi) is 3.90. The topological polar surface area (TPSA) is 63.1 Å². The summed E-state index contributed by atoms with van der Waals surface area (Å²) in [5.74, 6) is 1.02. The van der Waals surface area contributed by atoms with Crippen LogP contribution < -0.4 is 5.32 Å². The molecule has 1 aliphatic carbocycles. The number of amides is 1. The van der Waals surface area contributed by atoms with Crippen LogP contribution in [0.3, 0.4) is 0 Å². The summed E-state index contributed by atoms with van der Waals surface area (Å²) in [5, 5.41) is 11.9. The van der Waals surface area contributed by atoms with Gasteiger partial charge in [0.05, 0.1) is 18.2 Å². The van der Waals surface area contributed by atoms with Crippen molar-refractivity contribution >= 4 is 5.91 Å². The fourth-order valence-electron chi connectivity index (χ4n) is 4.11. The average molecular weight is 331 g/mol. The first-order valence-electron chi connectivity index (χ1n) is 9.35. The van der Waals surface area contributed by atoms with Crippen molar-refractivity contribution in [1.29, 1.82) is 0 Å². The lowest BCUT2D eigenvalue weighted by Gasteiger charge is -2.49. The van der Waals surface area contributed by atoms with Gasteiger partial charge in [0.1, 0.15) is 0 Å². The van der Waals surface area contributed by atoms with Crippen LogP contribution in [0.5, 0.6) is 0 Å². The highest BCUT2D eigenvalue weighted by Crippen LogP contribution is 2.37. The highest BCUT2D eigenvalue weighted by Gasteiger charge is 2.44. The molecular weight excluding hydrogens is 302 g/mol. The van der Waals surface area contributed by atoms with Gasteiger partial charge in [-0.05, 0) is 38.1 Å². The molecule has 132 valence electrons. The van der Waals surface area contributed by atoms with Crippen LogP contribution in [-0.4, -0.2) is 51.0 Å². The fourth-order valence-corrected chi connectivity index (χ4v) is 4.11. The monoisotopic (exact) mass is 331 g/mol. The number of carbonyl (C=O) groups is 1. The van der Waals surface area contributed by atoms with Gasteiger partial charge in [0, 0.05) is 30.2 Å². The summed E-state index contributed by atoms with van der Waals surface area (Å²) in [4.78, 5) is 14.9. The molecule has 4 atom stereocenters. The zero-order valence-electron chi connectivity index (χ0n) is 15.0. The molecule has 4 heterocycles. The second-order valence-electron chi connectivity index (χ2n) is 8.90. The van der Waals surface area contributed by atoms with E-state index in [1.165, 1.54) is 0 Å². The van der Waals surface area contributed by atoms with Crippen LogP contribution in [0.4, 0.5) is 0 Å². The molecule has 5 rings (SSSR count). The minimum atomic E-state index is 0.0378. The molecule has 2 bridgehead atoms. The molecule has 6 heteroatoms. The van der Waals surface area contributed by atoms with Crippen molar-refractivity contribution in [3.63, 3.8) is 0 Å². The zero-order valence-corrected chi connectivity index (χ0v) is 15.0. The first-order chi connectivity index (χ1) is 11.4. The third-order valence-corrected chi connectivity index (χ3v) is 5.84. The van der Waals surface area contributed by atoms with E-state index in [-0.39, 0.29) is 11.3 Å². The summed E-state index contributed by atoms with van der Waals surface area (Å²) in [6.45, 7) is 9.40. The number of nitrogens with one attached hydrogen (secondary N) is 1. The van der Waals surface area contributed by atoms with Gasteiger partial charge >= 0.3 is 0 Å². The van der Waals surface area contributed by atoms with Gasteiger partial charge < -0.3 is 5.32 Å². The second kappa shape index (κ2) is 5.83. The fraction of sp³-hybridized carbons (Fsp3) is 0.833. The summed E-state index contributed by atoms with van der Waals surface area (Å²) in [7, 11) is 0. The van der Waals surface area contributed by atoms with Gasteiger partial charge in [-0.1, -0.05) is 26.0 Å². The highest BCUT2D eigenvalue weighted by atomic mass is 16.2. The predicted molar refractivity (Wildman–Crippen MR) is 91.5 cm³/mol. The zero-order chi connectivity index (χ0) is 16.9. The number of aromatic nitrogens is 3. The lowest BCUT2D eigenvalue weighted by atomic mass is 9.75. The van der Waals surface area contributed by atoms with E-state index >= 15 is 0 Å². The Hall–Kier alpha value is -1.43. The smallest absolute Gasteiger partial charge is 0.224 e. The van der Waals surface area contributed by atoms with Crippen LogP contribution in [0.2, 0.25) is 0 Å². The van der Waals surface area contributed by atoms with E-state index < -0.39 is 0 Å². The van der Waals surface area contributed by atoms with Gasteiger partial charge in [0.15, 0.2) is 0 Å². The van der Waals surface area contributed by atoms with Gasteiger partial charge in [-0.3, -0.25) is 14.4 Å². The molecule has 4 fully saturated rings. The highest BCUT2D eigenvalue weighted by molar-refractivity contribution is 5.80. The molecule has 1 amide bonds. The van der Waals surface area contributed by atoms with E-state index in [9.17, 15) is 4.79 Å². The van der Waals surface area contributed by atoms with Crippen LogP contribution in [0, 0.1) is 11.8 Å². The Labute approximate surface area is 144 Å². The van der Waals surface area contributed by atoms with Crippen LogP contribution in [0.25, 0.3) is 0 Å². The lowest BCUT2D eigenvalue weighted by Crippen LogP contribution is -2.58. The minimum Gasteiger partial charge on any atom is -0.353 e. The van der Waals surface area contributed by atoms with Gasteiger partial charge in [-0.25, -0.2) is 0 Å². The van der Waals surface area contributed by atoms with Crippen molar-refractivity contribution in [2.24, 2.45) is 11.8 Å². The molecule has 24 heavy (non-hydrogen) atoms. The molecule has 1 aromatic heterocycles. The SMILES string of the molecule is CC(C)(C)c1cn(C[C@H]2C[C@H]3CCN2C[C@@H]3C(=O)NC2CC2)nn1. The van der Waals surface area contributed by atoms with Crippen molar-refractivity contribution in [3.05, 3.63) is 11.9 Å². The molecule has 4 aliphatic rings. The number of fused-ring (bicyclic) bond motifs is 3. The average Bonchev–Trinajstić information content (AvgIpc) is 3.21. The number of carbonyl (C=O) groups excluding carboxylic acids is 1. The maximum absolute atomic E-state index is 12.5. The first-order valence-corrected chi connectivity index (χ1v) is 9.35. The maximum Gasteiger partial charge on any atom is 0.224 e. The molecule has 3 saturated heterocycles. The number of hydrogen-bond acceptors (Lipinski definition) is 4. The third-order valence-electron chi connectivity index (χ3n) is 5.84. The normalized spacial score (nSPS) is 32.8. The number of hydrogen-bond donors (Lipinski definition) is 1. The van der Waals surface area contributed by atoms with Crippen LogP contribution >= 0.6 is 0 Å². The molecular formula is C18H29N5O. The maximum atomic E-state index is 12.5. The van der Waals surface area contributed by atoms with Crippen molar-refractivity contribution in [1.82, 2.24) is 25.2 Å². The van der Waals surface area contributed by atoms with Gasteiger partial charge in [0.25, 0.3) is 0 Å². The van der Waals surface area contributed by atoms with Crippen molar-refractivity contribution in [2.75, 3.05) is 13.1 Å². The Morgan fingerprint density at radius 3 is 2.71 bits per heavy atom. The molecule has 1 unspecified atom stereocenters. The van der Waals surface area contributed by atoms with E-state index in [0.717, 1.165) is 51.0 Å². The molecule has 1 saturated carbocycles. The van der Waals surface area contributed by atoms with Crippen LogP contribution in [0.1, 0.15) is 52.1 Å². The Bertz CT molecular complexity index is 615. The van der Waals surface area contributed by atoms with Crippen molar-refractivity contribution in [3.8, 4) is 0 Å². The van der Waals surface area contributed by atoms with Gasteiger partial charge in [0.2, 0.25) is 5.91 Å². The minimum absolute atomic E-state index is 0.0378. The first kappa shape index (κ1) is 16.1. The molecule has 0 radical (unpaired) electrons. The molecule has 6 nitrogen and oxygen atoms in total. The molecule has 1 N–H and O–H groups in total. The predicted octanol–water partition coefficient (Wildman–Crippen LogP) is 1.56. The van der Waals surface area contributed by atoms with E-state index in [1.54, 1.807) is 0 Å². The van der Waals surface area contributed by atoms with Gasteiger partial charge in [-0.2, -0.15) is 0 Å². The summed E-state index contributed by atoms with van der Waals surface area (Å²) in [5.41, 5.74) is 1.08. The summed E-state index contributed by atoms with van der Waals surface area (Å²) in [6.07, 6.45) is 6.67. The largest absolute Gasteiger partial charge is 0.353 e. The Morgan fingerprint density at radius 1 is 1.33 bits per heavy atom. The van der Waals surface area contributed by atoms with Crippen molar-refractivity contribution in [2.45, 2.75) is 70.5 Å². The van der Waals surface area contributed by atoms with E-state index in [0.29, 0.717) is 23.9 Å². The van der Waals surface area contributed by atoms with Crippen LogP contribution in [-0.2, 0) is 16.8 Å². The van der Waals surface area contributed by atoms with Crippen molar-refractivity contribution < 1.29 is 4.79 Å². The molecule has 0 aromatic carbocycles. The third kappa shape index (κ3) is 3.21. The molecule has 0 spiro atoms.